The van der Waals surface area contributed by atoms with E-state index in [1.54, 1.807) is 0 Å². The highest BCUT2D eigenvalue weighted by molar-refractivity contribution is 5.99. The van der Waals surface area contributed by atoms with Gasteiger partial charge in [-0.1, -0.05) is 43.7 Å². The molecule has 1 aromatic carbocycles. The van der Waals surface area contributed by atoms with E-state index >= 15 is 0 Å². The van der Waals surface area contributed by atoms with Gasteiger partial charge in [0, 0.05) is 0 Å². The zero-order valence-corrected chi connectivity index (χ0v) is 13.8. The third-order valence-electron chi connectivity index (χ3n) is 4.40. The first-order valence-corrected chi connectivity index (χ1v) is 7.90. The number of methoxy groups -OCH3 is 1. The highest BCUT2D eigenvalue weighted by atomic mass is 16.5. The molecular formula is C17H24N2O4. The van der Waals surface area contributed by atoms with Crippen LogP contribution in [-0.4, -0.2) is 46.9 Å². The van der Waals surface area contributed by atoms with Crippen LogP contribution >= 0.6 is 0 Å². The van der Waals surface area contributed by atoms with Gasteiger partial charge >= 0.3 is 5.97 Å². The number of amides is 1. The number of hydrogen-bond donors (Lipinski definition) is 1. The molecule has 1 N–H and O–H groups in total. The van der Waals surface area contributed by atoms with Gasteiger partial charge < -0.3 is 14.8 Å². The number of carbonyl (C=O) groups excluding carboxylic acids is 2. The second kappa shape index (κ2) is 7.57. The molecule has 2 rings (SSSR count). The van der Waals surface area contributed by atoms with E-state index in [2.05, 4.69) is 0 Å². The molecule has 0 aliphatic carbocycles. The minimum Gasteiger partial charge on any atom is -0.468 e. The fraction of sp³-hybridized carbons (Fsp3) is 0.529. The van der Waals surface area contributed by atoms with Gasteiger partial charge in [0.25, 0.3) is 0 Å². The normalized spacial score (nSPS) is 23.7. The summed E-state index contributed by atoms with van der Waals surface area (Å²) in [6.07, 6.45) is 1.31. The average molecular weight is 320 g/mol. The second-order valence-corrected chi connectivity index (χ2v) is 5.83. The van der Waals surface area contributed by atoms with E-state index in [0.29, 0.717) is 6.42 Å². The molecule has 0 radical (unpaired) electrons. The van der Waals surface area contributed by atoms with Gasteiger partial charge in [0.2, 0.25) is 5.91 Å². The summed E-state index contributed by atoms with van der Waals surface area (Å²) in [5.41, 5.74) is 0.951. The van der Waals surface area contributed by atoms with Gasteiger partial charge in [-0.3, -0.25) is 9.59 Å². The van der Waals surface area contributed by atoms with E-state index < -0.39 is 17.9 Å². The van der Waals surface area contributed by atoms with Gasteiger partial charge in [-0.05, 0) is 18.9 Å². The van der Waals surface area contributed by atoms with Crippen molar-refractivity contribution in [3.63, 3.8) is 0 Å². The third-order valence-corrected chi connectivity index (χ3v) is 4.40. The molecule has 6 nitrogen and oxygen atoms in total. The Labute approximate surface area is 136 Å². The molecule has 1 aromatic rings. The quantitative estimate of drug-likeness (QED) is 0.665. The predicted molar refractivity (Wildman–Crippen MR) is 84.4 cm³/mol. The standard InChI is InChI=1S/C17H24N2O4/c1-4-8-14-15(17(21)23-3)16(20)18(11-19(14)22)12(2)13-9-6-5-7-10-13/h5-7,9-10,12,14-15,22H,4,8,11H2,1-3H3/t12-,14+,15+/m0/s1. The fourth-order valence-corrected chi connectivity index (χ4v) is 3.07. The summed E-state index contributed by atoms with van der Waals surface area (Å²) in [5, 5.41) is 11.4. The molecule has 0 aromatic heterocycles. The molecule has 0 bridgehead atoms. The Hall–Kier alpha value is -1.92. The van der Waals surface area contributed by atoms with Crippen molar-refractivity contribution >= 4 is 11.9 Å². The molecule has 1 amide bonds. The van der Waals surface area contributed by atoms with Crippen LogP contribution in [0, 0.1) is 5.92 Å². The van der Waals surface area contributed by atoms with Gasteiger partial charge in [0.15, 0.2) is 5.92 Å². The van der Waals surface area contributed by atoms with Crippen LogP contribution in [0.15, 0.2) is 30.3 Å². The maximum atomic E-state index is 12.9. The Kier molecular flexibility index (Phi) is 5.74. The summed E-state index contributed by atoms with van der Waals surface area (Å²) in [6.45, 7) is 3.91. The topological polar surface area (TPSA) is 70.1 Å². The van der Waals surface area contributed by atoms with E-state index in [9.17, 15) is 14.8 Å². The van der Waals surface area contributed by atoms with E-state index in [1.807, 2.05) is 44.2 Å². The van der Waals surface area contributed by atoms with Crippen molar-refractivity contribution < 1.29 is 19.5 Å². The average Bonchev–Trinajstić information content (AvgIpc) is 2.57. The predicted octanol–water partition coefficient (Wildman–Crippen LogP) is 2.20. The lowest BCUT2D eigenvalue weighted by Gasteiger charge is -2.43. The minimum absolute atomic E-state index is 0.0764. The lowest BCUT2D eigenvalue weighted by molar-refractivity contribution is -0.213. The van der Waals surface area contributed by atoms with Crippen LogP contribution in [0.4, 0.5) is 0 Å². The Morgan fingerprint density at radius 1 is 1.39 bits per heavy atom. The van der Waals surface area contributed by atoms with Gasteiger partial charge in [-0.2, -0.15) is 5.06 Å². The number of rotatable bonds is 5. The van der Waals surface area contributed by atoms with Gasteiger partial charge in [0.05, 0.1) is 25.9 Å². The highest BCUT2D eigenvalue weighted by Crippen LogP contribution is 2.30. The monoisotopic (exact) mass is 320 g/mol. The zero-order chi connectivity index (χ0) is 17.0. The van der Waals surface area contributed by atoms with E-state index in [-0.39, 0.29) is 18.6 Å². The van der Waals surface area contributed by atoms with Crippen molar-refractivity contribution in [3.05, 3.63) is 35.9 Å². The smallest absolute Gasteiger partial charge is 0.319 e. The number of carbonyl (C=O) groups is 2. The fourth-order valence-electron chi connectivity index (χ4n) is 3.07. The number of benzene rings is 1. The Morgan fingerprint density at radius 2 is 2.04 bits per heavy atom. The van der Waals surface area contributed by atoms with Gasteiger partial charge in [0.1, 0.15) is 0 Å². The lowest BCUT2D eigenvalue weighted by Crippen LogP contribution is -2.60. The molecule has 1 fully saturated rings. The molecular weight excluding hydrogens is 296 g/mol. The molecule has 6 heteroatoms. The second-order valence-electron chi connectivity index (χ2n) is 5.83. The number of nitrogens with zero attached hydrogens (tertiary/aromatic N) is 2. The molecule has 126 valence electrons. The molecule has 1 saturated heterocycles. The molecule has 3 atom stereocenters. The third kappa shape index (κ3) is 3.54. The summed E-state index contributed by atoms with van der Waals surface area (Å²) >= 11 is 0. The van der Waals surface area contributed by atoms with Gasteiger partial charge in [-0.25, -0.2) is 0 Å². The maximum absolute atomic E-state index is 12.9. The Balaban J connectivity index is 2.29. The summed E-state index contributed by atoms with van der Waals surface area (Å²) in [7, 11) is 1.26. The van der Waals surface area contributed by atoms with Crippen molar-refractivity contribution in [2.75, 3.05) is 13.8 Å². The SMILES string of the molecule is CCC[C@@H]1[C@@H](C(=O)OC)C(=O)N([C@@H](C)c2ccccc2)CN1O. The minimum atomic E-state index is -0.995. The molecule has 0 saturated carbocycles. The van der Waals surface area contributed by atoms with Gasteiger partial charge in [-0.15, -0.1) is 0 Å². The maximum Gasteiger partial charge on any atom is 0.319 e. The number of esters is 1. The number of ether oxygens (including phenoxy) is 1. The summed E-state index contributed by atoms with van der Waals surface area (Å²) in [5.74, 6) is -1.89. The first-order valence-electron chi connectivity index (χ1n) is 7.90. The Bertz CT molecular complexity index is 549. The van der Waals surface area contributed by atoms with Crippen LogP contribution in [0.3, 0.4) is 0 Å². The van der Waals surface area contributed by atoms with E-state index in [1.165, 1.54) is 12.0 Å². The summed E-state index contributed by atoms with van der Waals surface area (Å²) < 4.78 is 4.79. The van der Waals surface area contributed by atoms with Crippen molar-refractivity contribution in [3.8, 4) is 0 Å². The molecule has 1 aliphatic rings. The Morgan fingerprint density at radius 3 is 2.61 bits per heavy atom. The van der Waals surface area contributed by atoms with E-state index in [0.717, 1.165) is 17.0 Å². The van der Waals surface area contributed by atoms with Crippen LogP contribution in [-0.2, 0) is 14.3 Å². The zero-order valence-electron chi connectivity index (χ0n) is 13.8. The first kappa shape index (κ1) is 17.4. The summed E-state index contributed by atoms with van der Waals surface area (Å²) in [6, 6.07) is 8.76. The molecule has 1 aliphatic heterocycles. The van der Waals surface area contributed by atoms with E-state index in [4.69, 9.17) is 4.74 Å². The van der Waals surface area contributed by atoms with Crippen LogP contribution in [0.25, 0.3) is 0 Å². The van der Waals surface area contributed by atoms with Crippen molar-refractivity contribution in [2.45, 2.75) is 38.8 Å². The van der Waals surface area contributed by atoms with Crippen LogP contribution in [0.1, 0.15) is 38.3 Å². The first-order chi connectivity index (χ1) is 11.0. The largest absolute Gasteiger partial charge is 0.468 e. The molecule has 1 heterocycles. The van der Waals surface area contributed by atoms with Crippen LogP contribution in [0.2, 0.25) is 0 Å². The van der Waals surface area contributed by atoms with Crippen LogP contribution < -0.4 is 0 Å². The van der Waals surface area contributed by atoms with Crippen molar-refractivity contribution in [1.29, 1.82) is 0 Å². The summed E-state index contributed by atoms with van der Waals surface area (Å²) in [4.78, 5) is 26.5. The molecule has 23 heavy (non-hydrogen) atoms. The number of hydrogen-bond acceptors (Lipinski definition) is 5. The molecule has 0 unspecified atom stereocenters. The number of hydroxylamine groups is 2. The highest BCUT2D eigenvalue weighted by Gasteiger charge is 2.46. The molecule has 0 spiro atoms. The van der Waals surface area contributed by atoms with Crippen LogP contribution in [0.5, 0.6) is 0 Å². The lowest BCUT2D eigenvalue weighted by atomic mass is 9.91. The van der Waals surface area contributed by atoms with Crippen molar-refractivity contribution in [2.24, 2.45) is 5.92 Å². The van der Waals surface area contributed by atoms with Crippen molar-refractivity contribution in [1.82, 2.24) is 9.96 Å².